The Labute approximate surface area is 96.8 Å². The maximum Gasteiger partial charge on any atom is 0.497 e. The van der Waals surface area contributed by atoms with E-state index in [0.29, 0.717) is 24.7 Å². The average molecular weight is 223 g/mol. The second kappa shape index (κ2) is 6.40. The molecular weight excluding hydrogens is 205 g/mol. The Morgan fingerprint density at radius 1 is 1.19 bits per heavy atom. The van der Waals surface area contributed by atoms with Crippen molar-refractivity contribution in [3.05, 3.63) is 18.2 Å². The van der Waals surface area contributed by atoms with Crippen LogP contribution >= 0.6 is 0 Å². The van der Waals surface area contributed by atoms with Crippen LogP contribution in [0.3, 0.4) is 0 Å². The zero-order valence-electron chi connectivity index (χ0n) is 10.0. The molecule has 0 aliphatic rings. The van der Waals surface area contributed by atoms with E-state index in [2.05, 4.69) is 0 Å². The number of ether oxygens (including phenoxy) is 1. The number of benzene rings is 1. The highest BCUT2D eigenvalue weighted by molar-refractivity contribution is 6.62. The normalized spacial score (nSPS) is 10.2. The molecule has 1 rings (SSSR count). The predicted octanol–water partition coefficient (Wildman–Crippen LogP) is 1.05. The molecule has 1 aromatic carbocycles. The maximum atomic E-state index is 5.69. The number of nitrogens with two attached hydrogens (primary N) is 1. The fourth-order valence-corrected chi connectivity index (χ4v) is 1.45. The second-order valence-electron chi connectivity index (χ2n) is 3.24. The zero-order valence-corrected chi connectivity index (χ0v) is 10.0. The molecule has 4 nitrogen and oxygen atoms in total. The SMILES string of the molecule is CCOB(OCC)c1ccc(N)cc1OC. The first-order valence-corrected chi connectivity index (χ1v) is 5.39. The minimum Gasteiger partial charge on any atom is -0.497 e. The summed E-state index contributed by atoms with van der Waals surface area (Å²) in [6.45, 7) is 5.02. The Kier molecular flexibility index (Phi) is 5.15. The van der Waals surface area contributed by atoms with Crippen LogP contribution in [0.15, 0.2) is 18.2 Å². The van der Waals surface area contributed by atoms with Gasteiger partial charge in [0.25, 0.3) is 0 Å². The average Bonchev–Trinajstić information content (AvgIpc) is 2.28. The number of rotatable bonds is 6. The van der Waals surface area contributed by atoms with Gasteiger partial charge < -0.3 is 19.8 Å². The third kappa shape index (κ3) is 3.15. The lowest BCUT2D eigenvalue weighted by molar-refractivity contribution is 0.224. The molecule has 0 amide bonds. The fourth-order valence-electron chi connectivity index (χ4n) is 1.45. The van der Waals surface area contributed by atoms with Crippen molar-refractivity contribution in [3.63, 3.8) is 0 Å². The standard InChI is InChI=1S/C11H18BNO3/c1-4-15-12(16-5-2)10-7-6-9(13)8-11(10)14-3/h6-8H,4-5,13H2,1-3H3. The van der Waals surface area contributed by atoms with Crippen LogP contribution in [0.5, 0.6) is 5.75 Å². The number of nitrogen functional groups attached to an aromatic ring is 1. The number of hydrogen-bond donors (Lipinski definition) is 1. The van der Waals surface area contributed by atoms with E-state index in [-0.39, 0.29) is 0 Å². The quantitative estimate of drug-likeness (QED) is 0.578. The summed E-state index contributed by atoms with van der Waals surface area (Å²) in [5.41, 5.74) is 7.21. The Morgan fingerprint density at radius 3 is 2.31 bits per heavy atom. The molecule has 0 saturated carbocycles. The molecule has 0 bridgehead atoms. The van der Waals surface area contributed by atoms with Crippen molar-refractivity contribution in [2.75, 3.05) is 26.1 Å². The topological polar surface area (TPSA) is 53.7 Å². The first-order valence-electron chi connectivity index (χ1n) is 5.39. The molecule has 0 saturated heterocycles. The molecule has 0 aliphatic heterocycles. The van der Waals surface area contributed by atoms with Gasteiger partial charge in [0.1, 0.15) is 5.75 Å². The smallest absolute Gasteiger partial charge is 0.497 e. The summed E-state index contributed by atoms with van der Waals surface area (Å²) >= 11 is 0. The summed E-state index contributed by atoms with van der Waals surface area (Å²) in [5, 5.41) is 0. The lowest BCUT2D eigenvalue weighted by atomic mass is 9.78. The van der Waals surface area contributed by atoms with Crippen LogP contribution in [-0.4, -0.2) is 27.4 Å². The molecule has 0 aromatic heterocycles. The van der Waals surface area contributed by atoms with E-state index >= 15 is 0 Å². The Bertz CT molecular complexity index is 327. The summed E-state index contributed by atoms with van der Waals surface area (Å²) in [4.78, 5) is 0. The zero-order chi connectivity index (χ0) is 12.0. The molecule has 0 fully saturated rings. The van der Waals surface area contributed by atoms with E-state index in [4.69, 9.17) is 19.8 Å². The lowest BCUT2D eigenvalue weighted by Gasteiger charge is -2.15. The van der Waals surface area contributed by atoms with Crippen LogP contribution in [0.4, 0.5) is 5.69 Å². The molecular formula is C11H18BNO3. The van der Waals surface area contributed by atoms with Gasteiger partial charge in [-0.2, -0.15) is 0 Å². The van der Waals surface area contributed by atoms with Crippen molar-refractivity contribution in [3.8, 4) is 5.75 Å². The predicted molar refractivity (Wildman–Crippen MR) is 66.0 cm³/mol. The molecule has 0 atom stereocenters. The van der Waals surface area contributed by atoms with Crippen LogP contribution in [-0.2, 0) is 9.31 Å². The first kappa shape index (κ1) is 12.9. The van der Waals surface area contributed by atoms with Gasteiger partial charge in [-0.1, -0.05) is 6.07 Å². The minimum atomic E-state index is -0.398. The summed E-state index contributed by atoms with van der Waals surface area (Å²) in [7, 11) is 1.21. The van der Waals surface area contributed by atoms with Crippen LogP contribution in [0.1, 0.15) is 13.8 Å². The van der Waals surface area contributed by atoms with Crippen molar-refractivity contribution in [2.24, 2.45) is 0 Å². The Balaban J connectivity index is 2.97. The van der Waals surface area contributed by atoms with E-state index in [1.54, 1.807) is 13.2 Å². The van der Waals surface area contributed by atoms with E-state index in [0.717, 1.165) is 5.46 Å². The Morgan fingerprint density at radius 2 is 1.81 bits per heavy atom. The van der Waals surface area contributed by atoms with E-state index in [1.165, 1.54) is 0 Å². The third-order valence-corrected chi connectivity index (χ3v) is 2.15. The molecule has 0 spiro atoms. The Hall–Kier alpha value is -1.20. The molecule has 0 aliphatic carbocycles. The largest absolute Gasteiger partial charge is 0.497 e. The monoisotopic (exact) mass is 223 g/mol. The van der Waals surface area contributed by atoms with Gasteiger partial charge >= 0.3 is 7.12 Å². The molecule has 0 unspecified atom stereocenters. The van der Waals surface area contributed by atoms with Crippen molar-refractivity contribution in [2.45, 2.75) is 13.8 Å². The number of methoxy groups -OCH3 is 1. The van der Waals surface area contributed by atoms with E-state index < -0.39 is 7.12 Å². The van der Waals surface area contributed by atoms with Gasteiger partial charge in [-0.25, -0.2) is 0 Å². The fraction of sp³-hybridized carbons (Fsp3) is 0.455. The van der Waals surface area contributed by atoms with Crippen LogP contribution in [0.25, 0.3) is 0 Å². The molecule has 1 aromatic rings. The van der Waals surface area contributed by atoms with Crippen LogP contribution in [0, 0.1) is 0 Å². The van der Waals surface area contributed by atoms with Crippen molar-refractivity contribution in [1.82, 2.24) is 0 Å². The molecule has 5 heteroatoms. The van der Waals surface area contributed by atoms with Gasteiger partial charge in [-0.3, -0.25) is 0 Å². The molecule has 2 N–H and O–H groups in total. The van der Waals surface area contributed by atoms with Gasteiger partial charge in [0, 0.05) is 30.4 Å². The lowest BCUT2D eigenvalue weighted by Crippen LogP contribution is -2.38. The van der Waals surface area contributed by atoms with Crippen LogP contribution < -0.4 is 15.9 Å². The van der Waals surface area contributed by atoms with Gasteiger partial charge in [0.05, 0.1) is 7.11 Å². The van der Waals surface area contributed by atoms with Gasteiger partial charge in [-0.15, -0.1) is 0 Å². The van der Waals surface area contributed by atoms with Gasteiger partial charge in [0.15, 0.2) is 0 Å². The summed E-state index contributed by atoms with van der Waals surface area (Å²) < 4.78 is 16.3. The molecule has 16 heavy (non-hydrogen) atoms. The van der Waals surface area contributed by atoms with Gasteiger partial charge in [-0.05, 0) is 19.9 Å². The summed E-state index contributed by atoms with van der Waals surface area (Å²) in [5.74, 6) is 0.687. The number of anilines is 1. The van der Waals surface area contributed by atoms with E-state index in [9.17, 15) is 0 Å². The minimum absolute atomic E-state index is 0.398. The molecule has 88 valence electrons. The van der Waals surface area contributed by atoms with Crippen LogP contribution in [0.2, 0.25) is 0 Å². The molecule has 0 heterocycles. The second-order valence-corrected chi connectivity index (χ2v) is 3.24. The van der Waals surface area contributed by atoms with Crippen molar-refractivity contribution in [1.29, 1.82) is 0 Å². The van der Waals surface area contributed by atoms with E-state index in [1.807, 2.05) is 26.0 Å². The van der Waals surface area contributed by atoms with Gasteiger partial charge in [0.2, 0.25) is 0 Å². The summed E-state index contributed by atoms with van der Waals surface area (Å²) in [6.07, 6.45) is 0. The highest BCUT2D eigenvalue weighted by atomic mass is 16.6. The maximum absolute atomic E-state index is 5.69. The summed E-state index contributed by atoms with van der Waals surface area (Å²) in [6, 6.07) is 5.44. The number of hydrogen-bond acceptors (Lipinski definition) is 4. The van der Waals surface area contributed by atoms with Crippen molar-refractivity contribution >= 4 is 18.3 Å². The molecule has 0 radical (unpaired) electrons. The highest BCUT2D eigenvalue weighted by Gasteiger charge is 2.24. The third-order valence-electron chi connectivity index (χ3n) is 2.15. The highest BCUT2D eigenvalue weighted by Crippen LogP contribution is 2.13. The first-order chi connectivity index (χ1) is 7.72. The van der Waals surface area contributed by atoms with Crippen molar-refractivity contribution < 1.29 is 14.0 Å².